The number of benzene rings is 1. The third kappa shape index (κ3) is 1.73. The predicted molar refractivity (Wildman–Crippen MR) is 63.2 cm³/mol. The first-order chi connectivity index (χ1) is 8.10. The molecule has 3 rings (SSSR count). The fourth-order valence-corrected chi connectivity index (χ4v) is 2.39. The molecule has 0 heterocycles. The maximum Gasteiger partial charge on any atom is 0.240 e. The molecule has 90 valence electrons. The van der Waals surface area contributed by atoms with Crippen molar-refractivity contribution in [2.75, 3.05) is 0 Å². The largest absolute Gasteiger partial charge is 0.390 e. The van der Waals surface area contributed by atoms with Crippen molar-refractivity contribution in [3.05, 3.63) is 35.4 Å². The summed E-state index contributed by atoms with van der Waals surface area (Å²) in [5, 5.41) is 12.9. The van der Waals surface area contributed by atoms with Crippen molar-refractivity contribution in [3.63, 3.8) is 0 Å². The Hall–Kier alpha value is -1.39. The van der Waals surface area contributed by atoms with Crippen LogP contribution in [0.25, 0.3) is 0 Å². The van der Waals surface area contributed by atoms with Crippen molar-refractivity contribution < 1.29 is 9.90 Å². The van der Waals surface area contributed by atoms with E-state index in [1.807, 2.05) is 24.3 Å². The quantitative estimate of drug-likeness (QED) is 0.684. The maximum absolute atomic E-state index is 11.9. The smallest absolute Gasteiger partial charge is 0.240 e. The van der Waals surface area contributed by atoms with Gasteiger partial charge in [0, 0.05) is 6.42 Å². The Morgan fingerprint density at radius 2 is 2.12 bits per heavy atom. The number of carbonyl (C=O) groups is 1. The second kappa shape index (κ2) is 3.55. The van der Waals surface area contributed by atoms with Gasteiger partial charge in [-0.15, -0.1) is 0 Å². The van der Waals surface area contributed by atoms with Gasteiger partial charge in [-0.1, -0.05) is 24.3 Å². The second-order valence-electron chi connectivity index (χ2n) is 5.08. The highest BCUT2D eigenvalue weighted by molar-refractivity contribution is 5.89. The zero-order chi connectivity index (χ0) is 12.0. The summed E-state index contributed by atoms with van der Waals surface area (Å²) in [6.07, 6.45) is 1.53. The molecule has 2 aliphatic carbocycles. The summed E-state index contributed by atoms with van der Waals surface area (Å²) in [7, 11) is 0. The fraction of sp³-hybridized carbons (Fsp3) is 0.462. The van der Waals surface area contributed by atoms with Gasteiger partial charge in [-0.05, 0) is 24.0 Å². The molecule has 0 saturated heterocycles. The topological polar surface area (TPSA) is 75.4 Å². The van der Waals surface area contributed by atoms with Crippen LogP contribution in [0.2, 0.25) is 0 Å². The molecule has 4 nitrogen and oxygen atoms in total. The number of hydrogen-bond donors (Lipinski definition) is 3. The molecule has 4 N–H and O–H groups in total. The predicted octanol–water partition coefficient (Wildman–Crippen LogP) is 0.252. The van der Waals surface area contributed by atoms with Crippen molar-refractivity contribution in [1.29, 1.82) is 0 Å². The number of nitrogens with one attached hydrogen (secondary N) is 1. The van der Waals surface area contributed by atoms with Crippen LogP contribution in [0.15, 0.2) is 24.3 Å². The van der Waals surface area contributed by atoms with Crippen LogP contribution in [0, 0.1) is 0 Å². The van der Waals surface area contributed by atoms with E-state index in [-0.39, 0.29) is 11.9 Å². The normalized spacial score (nSPS) is 28.6. The summed E-state index contributed by atoms with van der Waals surface area (Å²) in [5.74, 6) is -0.141. The van der Waals surface area contributed by atoms with Gasteiger partial charge in [0.05, 0.1) is 17.7 Å². The lowest BCUT2D eigenvalue weighted by atomic mass is 10.1. The van der Waals surface area contributed by atoms with Crippen LogP contribution in [0.1, 0.15) is 30.0 Å². The summed E-state index contributed by atoms with van der Waals surface area (Å²) >= 11 is 0. The Labute approximate surface area is 99.8 Å². The first-order valence-corrected chi connectivity index (χ1v) is 5.96. The Morgan fingerprint density at radius 3 is 2.82 bits per heavy atom. The molecule has 17 heavy (non-hydrogen) atoms. The van der Waals surface area contributed by atoms with Gasteiger partial charge in [0.1, 0.15) is 0 Å². The third-order valence-corrected chi connectivity index (χ3v) is 3.73. The highest BCUT2D eigenvalue weighted by Crippen LogP contribution is 2.35. The van der Waals surface area contributed by atoms with Gasteiger partial charge in [0.25, 0.3) is 0 Å². The Morgan fingerprint density at radius 1 is 1.41 bits per heavy atom. The number of carbonyl (C=O) groups excluding carboxylic acids is 1. The average molecular weight is 232 g/mol. The van der Waals surface area contributed by atoms with Crippen molar-refractivity contribution >= 4 is 5.91 Å². The molecule has 1 aromatic carbocycles. The van der Waals surface area contributed by atoms with E-state index in [9.17, 15) is 9.90 Å². The van der Waals surface area contributed by atoms with Gasteiger partial charge >= 0.3 is 0 Å². The zero-order valence-electron chi connectivity index (χ0n) is 9.52. The SMILES string of the molecule is NC1(C(=O)N[C@@H]2c3ccccc3C[C@@H]2O)CC1. The molecule has 0 aromatic heterocycles. The molecule has 1 saturated carbocycles. The van der Waals surface area contributed by atoms with E-state index >= 15 is 0 Å². The van der Waals surface area contributed by atoms with Crippen LogP contribution >= 0.6 is 0 Å². The van der Waals surface area contributed by atoms with E-state index in [0.29, 0.717) is 6.42 Å². The van der Waals surface area contributed by atoms with Gasteiger partial charge in [0.2, 0.25) is 5.91 Å². The van der Waals surface area contributed by atoms with Crippen LogP contribution in [0.4, 0.5) is 0 Å². The number of rotatable bonds is 2. The number of nitrogens with two attached hydrogens (primary N) is 1. The molecule has 2 atom stereocenters. The van der Waals surface area contributed by atoms with E-state index in [0.717, 1.165) is 24.0 Å². The first-order valence-electron chi connectivity index (χ1n) is 5.96. The van der Waals surface area contributed by atoms with Crippen molar-refractivity contribution in [1.82, 2.24) is 5.32 Å². The molecule has 1 fully saturated rings. The number of aliphatic hydroxyl groups excluding tert-OH is 1. The molecule has 4 heteroatoms. The highest BCUT2D eigenvalue weighted by Gasteiger charge is 2.47. The Balaban J connectivity index is 1.81. The number of aliphatic hydroxyl groups is 1. The summed E-state index contributed by atoms with van der Waals surface area (Å²) in [6, 6.07) is 7.50. The van der Waals surface area contributed by atoms with Crippen LogP contribution in [0.3, 0.4) is 0 Å². The fourth-order valence-electron chi connectivity index (χ4n) is 2.39. The minimum absolute atomic E-state index is 0.141. The molecule has 0 radical (unpaired) electrons. The maximum atomic E-state index is 11.9. The van der Waals surface area contributed by atoms with Gasteiger partial charge in [0.15, 0.2) is 0 Å². The van der Waals surface area contributed by atoms with E-state index in [1.165, 1.54) is 0 Å². The van der Waals surface area contributed by atoms with Gasteiger partial charge in [-0.2, -0.15) is 0 Å². The summed E-state index contributed by atoms with van der Waals surface area (Å²) in [4.78, 5) is 11.9. The Kier molecular flexibility index (Phi) is 2.24. The summed E-state index contributed by atoms with van der Waals surface area (Å²) in [5.41, 5.74) is 7.27. The molecule has 0 spiro atoms. The van der Waals surface area contributed by atoms with E-state index in [1.54, 1.807) is 0 Å². The van der Waals surface area contributed by atoms with Crippen molar-refractivity contribution in [2.24, 2.45) is 5.73 Å². The molecule has 1 amide bonds. The standard InChI is InChI=1S/C13H16N2O2/c14-13(5-6-13)12(17)15-11-9-4-2-1-3-8(9)7-10(11)16/h1-4,10-11,16H,5-7,14H2,(H,15,17)/t10-,11+/m0/s1. The minimum atomic E-state index is -0.683. The average Bonchev–Trinajstić information content (AvgIpc) is 2.98. The van der Waals surface area contributed by atoms with Gasteiger partial charge < -0.3 is 16.2 Å². The molecule has 1 aromatic rings. The summed E-state index contributed by atoms with van der Waals surface area (Å²) in [6.45, 7) is 0. The van der Waals surface area contributed by atoms with E-state index in [2.05, 4.69) is 5.32 Å². The summed E-state index contributed by atoms with van der Waals surface area (Å²) < 4.78 is 0. The zero-order valence-corrected chi connectivity index (χ0v) is 9.52. The van der Waals surface area contributed by atoms with Gasteiger partial charge in [-0.3, -0.25) is 4.79 Å². The van der Waals surface area contributed by atoms with Crippen LogP contribution < -0.4 is 11.1 Å². The van der Waals surface area contributed by atoms with Crippen molar-refractivity contribution in [3.8, 4) is 0 Å². The monoisotopic (exact) mass is 232 g/mol. The number of amides is 1. The lowest BCUT2D eigenvalue weighted by molar-refractivity contribution is -0.124. The molecular formula is C13H16N2O2. The van der Waals surface area contributed by atoms with Crippen molar-refractivity contribution in [2.45, 2.75) is 36.9 Å². The van der Waals surface area contributed by atoms with Crippen LogP contribution in [-0.2, 0) is 11.2 Å². The van der Waals surface area contributed by atoms with Gasteiger partial charge in [-0.25, -0.2) is 0 Å². The van der Waals surface area contributed by atoms with Crippen LogP contribution in [-0.4, -0.2) is 22.7 Å². The second-order valence-corrected chi connectivity index (χ2v) is 5.08. The molecule has 0 aliphatic heterocycles. The number of fused-ring (bicyclic) bond motifs is 1. The lowest BCUT2D eigenvalue weighted by Crippen LogP contribution is -2.46. The number of hydrogen-bond acceptors (Lipinski definition) is 3. The molecule has 0 bridgehead atoms. The lowest BCUT2D eigenvalue weighted by Gasteiger charge is -2.20. The first kappa shape index (κ1) is 10.7. The van der Waals surface area contributed by atoms with E-state index < -0.39 is 11.6 Å². The Bertz CT molecular complexity index is 468. The van der Waals surface area contributed by atoms with E-state index in [4.69, 9.17) is 5.73 Å². The molecule has 0 unspecified atom stereocenters. The molecular weight excluding hydrogens is 216 g/mol. The van der Waals surface area contributed by atoms with Crippen LogP contribution in [0.5, 0.6) is 0 Å². The highest BCUT2D eigenvalue weighted by atomic mass is 16.3. The molecule has 2 aliphatic rings. The third-order valence-electron chi connectivity index (χ3n) is 3.73. The minimum Gasteiger partial charge on any atom is -0.390 e.